The van der Waals surface area contributed by atoms with Gasteiger partial charge in [0.25, 0.3) is 5.91 Å². The molecular weight excluding hydrogens is 289 g/mol. The van der Waals surface area contributed by atoms with Gasteiger partial charge in [0.1, 0.15) is 11.7 Å². The van der Waals surface area contributed by atoms with E-state index in [-0.39, 0.29) is 18.7 Å². The van der Waals surface area contributed by atoms with Gasteiger partial charge in [0.05, 0.1) is 5.56 Å². The van der Waals surface area contributed by atoms with E-state index < -0.39 is 29.7 Å². The van der Waals surface area contributed by atoms with Gasteiger partial charge in [-0.1, -0.05) is 0 Å². The predicted octanol–water partition coefficient (Wildman–Crippen LogP) is -0.000300. The van der Waals surface area contributed by atoms with Gasteiger partial charge in [-0.25, -0.2) is 0 Å². The van der Waals surface area contributed by atoms with Crippen molar-refractivity contribution in [3.05, 3.63) is 29.6 Å². The van der Waals surface area contributed by atoms with Gasteiger partial charge in [-0.15, -0.1) is 0 Å². The van der Waals surface area contributed by atoms with Crippen molar-refractivity contribution in [2.24, 2.45) is 5.73 Å². The predicted molar refractivity (Wildman–Crippen MR) is 66.1 cm³/mol. The number of primary amides is 1. The zero-order valence-electron chi connectivity index (χ0n) is 10.9. The molecule has 9 heteroatoms. The average Bonchev–Trinajstić information content (AvgIpc) is 2.45. The summed E-state index contributed by atoms with van der Waals surface area (Å²) in [5.41, 5.74) is 4.12. The van der Waals surface area contributed by atoms with Crippen molar-refractivity contribution >= 4 is 11.8 Å². The van der Waals surface area contributed by atoms with E-state index in [1.807, 2.05) is 0 Å². The van der Waals surface area contributed by atoms with Crippen molar-refractivity contribution in [2.45, 2.75) is 12.2 Å². The summed E-state index contributed by atoms with van der Waals surface area (Å²) in [6.45, 7) is 0.937. The molecule has 1 aliphatic rings. The Morgan fingerprint density at radius 1 is 1.38 bits per heavy atom. The van der Waals surface area contributed by atoms with Gasteiger partial charge >= 0.3 is 6.18 Å². The maximum Gasteiger partial charge on any atom is 0.433 e. The van der Waals surface area contributed by atoms with E-state index in [1.54, 1.807) is 0 Å². The number of hydrogen-bond donors (Lipinski definition) is 2. The second kappa shape index (κ2) is 5.68. The topological polar surface area (TPSA) is 88.3 Å². The van der Waals surface area contributed by atoms with Crippen LogP contribution >= 0.6 is 0 Å². The quantitative estimate of drug-likeness (QED) is 0.805. The fourth-order valence-corrected chi connectivity index (χ4v) is 2.06. The molecule has 0 saturated carbocycles. The Labute approximate surface area is 118 Å². The summed E-state index contributed by atoms with van der Waals surface area (Å²) in [5, 5.41) is 2.92. The second-order valence-electron chi connectivity index (χ2n) is 4.55. The number of rotatable bonds is 2. The van der Waals surface area contributed by atoms with E-state index in [2.05, 4.69) is 10.3 Å². The average molecular weight is 302 g/mol. The van der Waals surface area contributed by atoms with Crippen molar-refractivity contribution in [1.82, 2.24) is 15.2 Å². The molecular formula is C12H13F3N4O2. The lowest BCUT2D eigenvalue weighted by Crippen LogP contribution is -2.58. The van der Waals surface area contributed by atoms with Gasteiger partial charge in [-0.05, 0) is 12.1 Å². The maximum atomic E-state index is 12.4. The van der Waals surface area contributed by atoms with Crippen molar-refractivity contribution in [3.63, 3.8) is 0 Å². The number of aromatic nitrogens is 1. The summed E-state index contributed by atoms with van der Waals surface area (Å²) in [6.07, 6.45) is -3.71. The Kier molecular flexibility index (Phi) is 4.12. The van der Waals surface area contributed by atoms with E-state index in [0.717, 1.165) is 18.3 Å². The molecule has 1 aromatic heterocycles. The van der Waals surface area contributed by atoms with Gasteiger partial charge in [0.2, 0.25) is 5.91 Å². The molecule has 2 amide bonds. The highest BCUT2D eigenvalue weighted by molar-refractivity contribution is 5.97. The number of halogens is 3. The molecule has 21 heavy (non-hydrogen) atoms. The number of nitrogens with zero attached hydrogens (tertiary/aromatic N) is 2. The first-order valence-corrected chi connectivity index (χ1v) is 6.15. The lowest BCUT2D eigenvalue weighted by atomic mass is 10.1. The minimum absolute atomic E-state index is 0.0175. The molecule has 6 nitrogen and oxygen atoms in total. The third-order valence-corrected chi connectivity index (χ3v) is 3.13. The standard InChI is InChI=1S/C12H13F3N4O2/c13-12(14,15)9-2-1-7(5-18-9)11(21)19-4-3-17-6-8(19)10(16)20/h1-2,5,8,17H,3-4,6H2,(H2,16,20). The van der Waals surface area contributed by atoms with Gasteiger partial charge < -0.3 is 16.0 Å². The molecule has 0 aromatic carbocycles. The van der Waals surface area contributed by atoms with Crippen LogP contribution in [-0.2, 0) is 11.0 Å². The Bertz CT molecular complexity index is 544. The smallest absolute Gasteiger partial charge is 0.368 e. The van der Waals surface area contributed by atoms with E-state index in [1.165, 1.54) is 4.90 Å². The number of amides is 2. The van der Waals surface area contributed by atoms with Crippen molar-refractivity contribution in [1.29, 1.82) is 0 Å². The maximum absolute atomic E-state index is 12.4. The Morgan fingerprint density at radius 2 is 2.10 bits per heavy atom. The summed E-state index contributed by atoms with van der Waals surface area (Å²) in [4.78, 5) is 28.0. The lowest BCUT2D eigenvalue weighted by molar-refractivity contribution is -0.141. The van der Waals surface area contributed by atoms with Gasteiger partial charge in [0, 0.05) is 25.8 Å². The third kappa shape index (κ3) is 3.30. The van der Waals surface area contributed by atoms with Gasteiger partial charge in [0.15, 0.2) is 0 Å². The normalized spacial score (nSPS) is 19.4. The van der Waals surface area contributed by atoms with E-state index >= 15 is 0 Å². The summed E-state index contributed by atoms with van der Waals surface area (Å²) in [5.74, 6) is -1.24. The van der Waals surface area contributed by atoms with Crippen LogP contribution < -0.4 is 11.1 Å². The van der Waals surface area contributed by atoms with Gasteiger partial charge in [-0.2, -0.15) is 13.2 Å². The van der Waals surface area contributed by atoms with Crippen LogP contribution in [0, 0.1) is 0 Å². The molecule has 2 rings (SSSR count). The molecule has 1 aromatic rings. The summed E-state index contributed by atoms with van der Waals surface area (Å²) < 4.78 is 37.2. The number of carbonyl (C=O) groups excluding carboxylic acids is 2. The second-order valence-corrected chi connectivity index (χ2v) is 4.55. The Hall–Kier alpha value is -2.16. The first kappa shape index (κ1) is 15.2. The zero-order valence-corrected chi connectivity index (χ0v) is 10.9. The highest BCUT2D eigenvalue weighted by atomic mass is 19.4. The molecule has 0 aliphatic carbocycles. The number of nitrogens with one attached hydrogen (secondary N) is 1. The molecule has 2 heterocycles. The number of alkyl halides is 3. The van der Waals surface area contributed by atoms with Gasteiger partial charge in [-0.3, -0.25) is 14.6 Å². The highest BCUT2D eigenvalue weighted by Gasteiger charge is 2.34. The lowest BCUT2D eigenvalue weighted by Gasteiger charge is -2.34. The number of pyridine rings is 1. The van der Waals surface area contributed by atoms with Crippen LogP contribution in [0.1, 0.15) is 16.1 Å². The number of hydrogen-bond acceptors (Lipinski definition) is 4. The molecule has 0 radical (unpaired) electrons. The summed E-state index contributed by atoms with van der Waals surface area (Å²) in [7, 11) is 0. The molecule has 1 atom stereocenters. The summed E-state index contributed by atoms with van der Waals surface area (Å²) in [6, 6.07) is 0.945. The highest BCUT2D eigenvalue weighted by Crippen LogP contribution is 2.27. The fraction of sp³-hybridized carbons (Fsp3) is 0.417. The van der Waals surface area contributed by atoms with E-state index in [4.69, 9.17) is 5.73 Å². The van der Waals surface area contributed by atoms with Crippen LogP contribution in [-0.4, -0.2) is 47.4 Å². The number of nitrogens with two attached hydrogens (primary N) is 1. The Morgan fingerprint density at radius 3 is 2.62 bits per heavy atom. The third-order valence-electron chi connectivity index (χ3n) is 3.13. The van der Waals surface area contributed by atoms with Crippen LogP contribution in [0.25, 0.3) is 0 Å². The molecule has 1 saturated heterocycles. The number of piperazine rings is 1. The van der Waals surface area contributed by atoms with Crippen molar-refractivity contribution in [2.75, 3.05) is 19.6 Å². The van der Waals surface area contributed by atoms with E-state index in [0.29, 0.717) is 6.54 Å². The van der Waals surface area contributed by atoms with Crippen LogP contribution in [0.3, 0.4) is 0 Å². The van der Waals surface area contributed by atoms with Crippen LogP contribution in [0.5, 0.6) is 0 Å². The molecule has 0 bridgehead atoms. The molecule has 0 spiro atoms. The van der Waals surface area contributed by atoms with Crippen molar-refractivity contribution in [3.8, 4) is 0 Å². The summed E-state index contributed by atoms with van der Waals surface area (Å²) >= 11 is 0. The molecule has 1 aliphatic heterocycles. The number of carbonyl (C=O) groups is 2. The first-order valence-electron chi connectivity index (χ1n) is 6.15. The largest absolute Gasteiger partial charge is 0.433 e. The Balaban J connectivity index is 2.20. The minimum atomic E-state index is -4.56. The van der Waals surface area contributed by atoms with Crippen LogP contribution in [0.2, 0.25) is 0 Å². The van der Waals surface area contributed by atoms with Crippen LogP contribution in [0.15, 0.2) is 18.3 Å². The first-order chi connectivity index (χ1) is 9.80. The molecule has 114 valence electrons. The molecule has 1 fully saturated rings. The molecule has 1 unspecified atom stereocenters. The monoisotopic (exact) mass is 302 g/mol. The zero-order chi connectivity index (χ0) is 15.6. The SMILES string of the molecule is NC(=O)C1CNCCN1C(=O)c1ccc(C(F)(F)F)nc1. The van der Waals surface area contributed by atoms with Crippen LogP contribution in [0.4, 0.5) is 13.2 Å². The van der Waals surface area contributed by atoms with Crippen molar-refractivity contribution < 1.29 is 22.8 Å². The fourth-order valence-electron chi connectivity index (χ4n) is 2.06. The van der Waals surface area contributed by atoms with E-state index in [9.17, 15) is 22.8 Å². The minimum Gasteiger partial charge on any atom is -0.368 e. The molecule has 3 N–H and O–H groups in total.